The van der Waals surface area contributed by atoms with Crippen molar-refractivity contribution in [1.29, 1.82) is 0 Å². The summed E-state index contributed by atoms with van der Waals surface area (Å²) in [6.45, 7) is -1.29. The second-order valence-corrected chi connectivity index (χ2v) is 3.09. The minimum atomic E-state index is -4.40. The number of halogens is 3. The molecule has 0 atom stereocenters. The largest absolute Gasteiger partial charge is 0.468 e. The summed E-state index contributed by atoms with van der Waals surface area (Å²) < 4.78 is 45.2. The first kappa shape index (κ1) is 13.5. The number of hydrogen-bond acceptors (Lipinski definition) is 5. The number of nitrogens with zero attached hydrogens (tertiary/aromatic N) is 2. The first-order chi connectivity index (χ1) is 7.94. The number of anilines is 1. The molecule has 0 aliphatic heterocycles. The Morgan fingerprint density at radius 1 is 1.35 bits per heavy atom. The highest BCUT2D eigenvalue weighted by Crippen LogP contribution is 2.19. The monoisotopic (exact) mass is 251 g/mol. The van der Waals surface area contributed by atoms with Crippen LogP contribution in [0.5, 0.6) is 5.88 Å². The Labute approximate surface area is 96.0 Å². The van der Waals surface area contributed by atoms with Crippen LogP contribution in [0.2, 0.25) is 0 Å². The Morgan fingerprint density at radius 3 is 2.59 bits per heavy atom. The topological polar surface area (TPSA) is 56.3 Å². The Bertz CT molecular complexity index is 371. The van der Waals surface area contributed by atoms with E-state index in [1.807, 2.05) is 0 Å². The molecule has 1 heterocycles. The molecule has 5 nitrogen and oxygen atoms in total. The SMILES string of the molecule is CNc1cc(OCC(F)(F)F)nc(COC)n1. The molecule has 0 aromatic carbocycles. The van der Waals surface area contributed by atoms with E-state index in [-0.39, 0.29) is 18.3 Å². The van der Waals surface area contributed by atoms with E-state index < -0.39 is 12.8 Å². The second-order valence-electron chi connectivity index (χ2n) is 3.09. The molecular weight excluding hydrogens is 239 g/mol. The van der Waals surface area contributed by atoms with Gasteiger partial charge in [0.05, 0.1) is 0 Å². The average Bonchev–Trinajstić information content (AvgIpc) is 2.25. The van der Waals surface area contributed by atoms with Crippen LogP contribution >= 0.6 is 0 Å². The van der Waals surface area contributed by atoms with Crippen molar-refractivity contribution in [2.75, 3.05) is 26.1 Å². The predicted molar refractivity (Wildman–Crippen MR) is 53.8 cm³/mol. The molecule has 0 saturated carbocycles. The highest BCUT2D eigenvalue weighted by molar-refractivity contribution is 5.37. The van der Waals surface area contributed by atoms with E-state index in [9.17, 15) is 13.2 Å². The van der Waals surface area contributed by atoms with Gasteiger partial charge in [-0.15, -0.1) is 0 Å². The second kappa shape index (κ2) is 5.67. The zero-order valence-electron chi connectivity index (χ0n) is 9.34. The standard InChI is InChI=1S/C9H12F3N3O2/c1-13-6-3-8(17-5-9(10,11)12)15-7(14-6)4-16-2/h3H,4-5H2,1-2H3,(H,13,14,15). The van der Waals surface area contributed by atoms with Crippen LogP contribution in [0, 0.1) is 0 Å². The molecule has 0 fully saturated rings. The average molecular weight is 251 g/mol. The number of rotatable bonds is 5. The van der Waals surface area contributed by atoms with E-state index >= 15 is 0 Å². The van der Waals surface area contributed by atoms with Crippen molar-refractivity contribution in [1.82, 2.24) is 9.97 Å². The lowest BCUT2D eigenvalue weighted by Gasteiger charge is -2.10. The first-order valence-electron chi connectivity index (χ1n) is 4.69. The fraction of sp³-hybridized carbons (Fsp3) is 0.556. The molecule has 17 heavy (non-hydrogen) atoms. The van der Waals surface area contributed by atoms with Crippen molar-refractivity contribution in [2.45, 2.75) is 12.8 Å². The van der Waals surface area contributed by atoms with Crippen molar-refractivity contribution < 1.29 is 22.6 Å². The minimum Gasteiger partial charge on any atom is -0.468 e. The summed E-state index contributed by atoms with van der Waals surface area (Å²) >= 11 is 0. The number of ether oxygens (including phenoxy) is 2. The van der Waals surface area contributed by atoms with Gasteiger partial charge in [0.1, 0.15) is 12.4 Å². The lowest BCUT2D eigenvalue weighted by Crippen LogP contribution is -2.20. The van der Waals surface area contributed by atoms with Gasteiger partial charge in [0, 0.05) is 20.2 Å². The van der Waals surface area contributed by atoms with Crippen LogP contribution in [0.15, 0.2) is 6.07 Å². The molecule has 0 amide bonds. The van der Waals surface area contributed by atoms with Gasteiger partial charge in [-0.25, -0.2) is 4.98 Å². The molecule has 1 N–H and O–H groups in total. The zero-order valence-corrected chi connectivity index (χ0v) is 9.34. The van der Waals surface area contributed by atoms with E-state index in [4.69, 9.17) is 4.74 Å². The summed E-state index contributed by atoms with van der Waals surface area (Å²) in [4.78, 5) is 7.75. The Balaban J connectivity index is 2.79. The molecular formula is C9H12F3N3O2. The Morgan fingerprint density at radius 2 is 2.06 bits per heavy atom. The fourth-order valence-corrected chi connectivity index (χ4v) is 1.02. The molecule has 0 saturated heterocycles. The Kier molecular flexibility index (Phi) is 4.50. The molecule has 0 aliphatic rings. The van der Waals surface area contributed by atoms with Crippen molar-refractivity contribution in [2.24, 2.45) is 0 Å². The quantitative estimate of drug-likeness (QED) is 0.861. The third-order valence-electron chi connectivity index (χ3n) is 1.66. The molecule has 1 rings (SSSR count). The molecule has 0 radical (unpaired) electrons. The predicted octanol–water partition coefficient (Wildman–Crippen LogP) is 1.61. The van der Waals surface area contributed by atoms with Crippen molar-refractivity contribution >= 4 is 5.82 Å². The van der Waals surface area contributed by atoms with Gasteiger partial charge in [0.15, 0.2) is 12.4 Å². The van der Waals surface area contributed by atoms with Crippen LogP contribution in [0.1, 0.15) is 5.82 Å². The smallest absolute Gasteiger partial charge is 0.422 e. The highest BCUT2D eigenvalue weighted by Gasteiger charge is 2.28. The molecule has 1 aromatic rings. The summed E-state index contributed by atoms with van der Waals surface area (Å²) in [5.41, 5.74) is 0. The molecule has 0 bridgehead atoms. The zero-order chi connectivity index (χ0) is 12.9. The van der Waals surface area contributed by atoms with Crippen molar-refractivity contribution in [3.05, 3.63) is 11.9 Å². The van der Waals surface area contributed by atoms with Gasteiger partial charge in [-0.05, 0) is 0 Å². The van der Waals surface area contributed by atoms with Gasteiger partial charge in [-0.1, -0.05) is 0 Å². The summed E-state index contributed by atoms with van der Waals surface area (Å²) in [6.07, 6.45) is -4.40. The maximum atomic E-state index is 12.0. The third kappa shape index (κ3) is 4.85. The van der Waals surface area contributed by atoms with Gasteiger partial charge in [-0.3, -0.25) is 0 Å². The molecule has 8 heteroatoms. The number of hydrogen-bond donors (Lipinski definition) is 1. The van der Waals surface area contributed by atoms with Crippen molar-refractivity contribution in [3.8, 4) is 5.88 Å². The first-order valence-corrected chi connectivity index (χ1v) is 4.69. The van der Waals surface area contributed by atoms with Gasteiger partial charge < -0.3 is 14.8 Å². The molecule has 0 unspecified atom stereocenters. The fourth-order valence-electron chi connectivity index (χ4n) is 1.02. The van der Waals surface area contributed by atoms with E-state index in [1.54, 1.807) is 7.05 Å². The highest BCUT2D eigenvalue weighted by atomic mass is 19.4. The van der Waals surface area contributed by atoms with Gasteiger partial charge >= 0.3 is 6.18 Å². The van der Waals surface area contributed by atoms with Crippen molar-refractivity contribution in [3.63, 3.8) is 0 Å². The van der Waals surface area contributed by atoms with Crippen LogP contribution in [0.4, 0.5) is 19.0 Å². The van der Waals surface area contributed by atoms with Crippen LogP contribution < -0.4 is 10.1 Å². The van der Waals surface area contributed by atoms with Crippen LogP contribution in [-0.2, 0) is 11.3 Å². The molecule has 96 valence electrons. The van der Waals surface area contributed by atoms with Gasteiger partial charge in [0.2, 0.25) is 5.88 Å². The van der Waals surface area contributed by atoms with E-state index in [1.165, 1.54) is 13.2 Å². The Hall–Kier alpha value is -1.57. The maximum Gasteiger partial charge on any atom is 0.422 e. The van der Waals surface area contributed by atoms with E-state index in [0.717, 1.165) is 0 Å². The molecule has 0 spiro atoms. The number of alkyl halides is 3. The van der Waals surface area contributed by atoms with E-state index in [0.29, 0.717) is 5.82 Å². The lowest BCUT2D eigenvalue weighted by atomic mass is 10.5. The summed E-state index contributed by atoms with van der Waals surface area (Å²) in [7, 11) is 3.03. The number of aromatic nitrogens is 2. The summed E-state index contributed by atoms with van der Waals surface area (Å²) in [6, 6.07) is 1.28. The third-order valence-corrected chi connectivity index (χ3v) is 1.66. The number of nitrogens with one attached hydrogen (secondary N) is 1. The minimum absolute atomic E-state index is 0.0951. The lowest BCUT2D eigenvalue weighted by molar-refractivity contribution is -0.154. The summed E-state index contributed by atoms with van der Waals surface area (Å²) in [5.74, 6) is 0.467. The molecule has 0 aliphatic carbocycles. The summed E-state index contributed by atoms with van der Waals surface area (Å²) in [5, 5.41) is 2.70. The normalized spacial score (nSPS) is 11.4. The van der Waals surface area contributed by atoms with Gasteiger partial charge in [0.25, 0.3) is 0 Å². The van der Waals surface area contributed by atoms with Crippen LogP contribution in [-0.4, -0.2) is 36.9 Å². The number of methoxy groups -OCH3 is 1. The van der Waals surface area contributed by atoms with Crippen LogP contribution in [0.25, 0.3) is 0 Å². The van der Waals surface area contributed by atoms with Gasteiger partial charge in [-0.2, -0.15) is 18.2 Å². The molecule has 1 aromatic heterocycles. The van der Waals surface area contributed by atoms with Crippen LogP contribution in [0.3, 0.4) is 0 Å². The maximum absolute atomic E-state index is 12.0. The van der Waals surface area contributed by atoms with E-state index in [2.05, 4.69) is 20.0 Å².